The zero-order valence-corrected chi connectivity index (χ0v) is 9.14. The van der Waals surface area contributed by atoms with Crippen molar-refractivity contribution < 1.29 is 9.53 Å². The molecule has 0 unspecified atom stereocenters. The minimum absolute atomic E-state index is 0.0763. The van der Waals surface area contributed by atoms with E-state index in [0.717, 1.165) is 10.9 Å². The van der Waals surface area contributed by atoms with Crippen molar-refractivity contribution in [2.75, 3.05) is 13.2 Å². The zero-order chi connectivity index (χ0) is 11.4. The number of pyridine rings is 1. The fourth-order valence-electron chi connectivity index (χ4n) is 1.49. The van der Waals surface area contributed by atoms with Crippen molar-refractivity contribution in [3.63, 3.8) is 0 Å². The van der Waals surface area contributed by atoms with E-state index in [2.05, 4.69) is 4.98 Å². The van der Waals surface area contributed by atoms with Crippen LogP contribution in [-0.2, 0) is 4.74 Å². The van der Waals surface area contributed by atoms with Crippen molar-refractivity contribution in [3.05, 3.63) is 42.1 Å². The highest BCUT2D eigenvalue weighted by Crippen LogP contribution is 2.12. The second-order valence-electron chi connectivity index (χ2n) is 3.45. The Balaban J connectivity index is 2.28. The Labute approximate surface area is 94.1 Å². The van der Waals surface area contributed by atoms with E-state index >= 15 is 0 Å². The second-order valence-corrected chi connectivity index (χ2v) is 3.45. The summed E-state index contributed by atoms with van der Waals surface area (Å²) in [6, 6.07) is 11.4. The number of rotatable bonds is 4. The van der Waals surface area contributed by atoms with Gasteiger partial charge >= 0.3 is 0 Å². The lowest BCUT2D eigenvalue weighted by Gasteiger charge is -2.02. The first kappa shape index (κ1) is 10.8. The van der Waals surface area contributed by atoms with Gasteiger partial charge in [0.1, 0.15) is 12.3 Å². The number of Topliss-reactive ketones (excluding diaryl/α,β-unsaturated/α-hetero) is 1. The molecule has 1 heterocycles. The fourth-order valence-corrected chi connectivity index (χ4v) is 1.49. The Bertz CT molecular complexity index is 508. The van der Waals surface area contributed by atoms with Gasteiger partial charge in [0, 0.05) is 12.0 Å². The third-order valence-corrected chi connectivity index (χ3v) is 2.32. The van der Waals surface area contributed by atoms with Crippen LogP contribution < -0.4 is 0 Å². The maximum atomic E-state index is 11.7. The Morgan fingerprint density at radius 2 is 2.06 bits per heavy atom. The molecular weight excluding hydrogens is 202 g/mol. The van der Waals surface area contributed by atoms with Crippen LogP contribution in [0.4, 0.5) is 0 Å². The maximum Gasteiger partial charge on any atom is 0.206 e. The van der Waals surface area contributed by atoms with E-state index in [0.29, 0.717) is 12.3 Å². The lowest BCUT2D eigenvalue weighted by atomic mass is 10.2. The van der Waals surface area contributed by atoms with Gasteiger partial charge in [0.05, 0.1) is 5.52 Å². The van der Waals surface area contributed by atoms with Gasteiger partial charge in [0.25, 0.3) is 0 Å². The lowest BCUT2D eigenvalue weighted by molar-refractivity contribution is 0.0778. The largest absolute Gasteiger partial charge is 0.374 e. The zero-order valence-electron chi connectivity index (χ0n) is 9.14. The van der Waals surface area contributed by atoms with Crippen LogP contribution in [0.2, 0.25) is 0 Å². The molecule has 2 aromatic rings. The van der Waals surface area contributed by atoms with Crippen molar-refractivity contribution in [1.82, 2.24) is 4.98 Å². The van der Waals surface area contributed by atoms with E-state index in [9.17, 15) is 4.79 Å². The summed E-state index contributed by atoms with van der Waals surface area (Å²) in [5.74, 6) is -0.0763. The summed E-state index contributed by atoms with van der Waals surface area (Å²) < 4.78 is 5.07. The molecule has 2 rings (SSSR count). The van der Waals surface area contributed by atoms with Gasteiger partial charge in [0.2, 0.25) is 5.78 Å². The number of ketones is 1. The smallest absolute Gasteiger partial charge is 0.206 e. The third-order valence-electron chi connectivity index (χ3n) is 2.32. The molecule has 0 aliphatic rings. The van der Waals surface area contributed by atoms with Crippen LogP contribution in [0, 0.1) is 0 Å². The fraction of sp³-hybridized carbons (Fsp3) is 0.231. The molecule has 3 nitrogen and oxygen atoms in total. The minimum atomic E-state index is -0.0763. The first-order valence-electron chi connectivity index (χ1n) is 5.28. The van der Waals surface area contributed by atoms with E-state index in [-0.39, 0.29) is 12.4 Å². The SMILES string of the molecule is CCOCC(=O)c1ccc2ccccc2n1. The predicted molar refractivity (Wildman–Crippen MR) is 62.6 cm³/mol. The van der Waals surface area contributed by atoms with Crippen LogP contribution in [-0.4, -0.2) is 24.0 Å². The molecule has 0 atom stereocenters. The molecule has 0 radical (unpaired) electrons. The average Bonchev–Trinajstić information content (AvgIpc) is 2.35. The summed E-state index contributed by atoms with van der Waals surface area (Å²) in [6.45, 7) is 2.50. The number of para-hydroxylation sites is 1. The number of hydrogen-bond acceptors (Lipinski definition) is 3. The molecule has 1 aromatic carbocycles. The number of ether oxygens (including phenoxy) is 1. The van der Waals surface area contributed by atoms with Crippen LogP contribution in [0.5, 0.6) is 0 Å². The molecule has 0 saturated carbocycles. The molecule has 0 amide bonds. The van der Waals surface area contributed by atoms with Crippen LogP contribution in [0.1, 0.15) is 17.4 Å². The number of aromatic nitrogens is 1. The van der Waals surface area contributed by atoms with E-state index < -0.39 is 0 Å². The summed E-state index contributed by atoms with van der Waals surface area (Å²) in [5, 5.41) is 1.04. The normalized spacial score (nSPS) is 10.6. The Hall–Kier alpha value is -1.74. The monoisotopic (exact) mass is 215 g/mol. The molecule has 0 aliphatic heterocycles. The third kappa shape index (κ3) is 2.25. The van der Waals surface area contributed by atoms with Crippen LogP contribution in [0.3, 0.4) is 0 Å². The number of hydrogen-bond donors (Lipinski definition) is 0. The van der Waals surface area contributed by atoms with E-state index in [1.165, 1.54) is 0 Å². The number of nitrogens with zero attached hydrogens (tertiary/aromatic N) is 1. The molecular formula is C13H13NO2. The average molecular weight is 215 g/mol. The molecule has 0 aliphatic carbocycles. The Morgan fingerprint density at radius 3 is 2.88 bits per heavy atom. The quantitative estimate of drug-likeness (QED) is 0.735. The predicted octanol–water partition coefficient (Wildman–Crippen LogP) is 2.45. The Kier molecular flexibility index (Phi) is 3.27. The number of benzene rings is 1. The van der Waals surface area contributed by atoms with Crippen molar-refractivity contribution in [2.24, 2.45) is 0 Å². The van der Waals surface area contributed by atoms with Crippen LogP contribution in [0.15, 0.2) is 36.4 Å². The summed E-state index contributed by atoms with van der Waals surface area (Å²) in [4.78, 5) is 16.0. The van der Waals surface area contributed by atoms with Gasteiger partial charge in [0.15, 0.2) is 0 Å². The van der Waals surface area contributed by atoms with Gasteiger partial charge in [-0.2, -0.15) is 0 Å². The molecule has 0 fully saturated rings. The number of fused-ring (bicyclic) bond motifs is 1. The van der Waals surface area contributed by atoms with Gasteiger partial charge in [-0.3, -0.25) is 4.79 Å². The summed E-state index contributed by atoms with van der Waals surface area (Å²) >= 11 is 0. The maximum absolute atomic E-state index is 11.7. The molecule has 16 heavy (non-hydrogen) atoms. The Morgan fingerprint density at radius 1 is 1.25 bits per heavy atom. The second kappa shape index (κ2) is 4.86. The van der Waals surface area contributed by atoms with Crippen molar-refractivity contribution in [2.45, 2.75) is 6.92 Å². The topological polar surface area (TPSA) is 39.2 Å². The molecule has 1 aromatic heterocycles. The molecule has 0 N–H and O–H groups in total. The first-order chi connectivity index (χ1) is 7.81. The standard InChI is InChI=1S/C13H13NO2/c1-2-16-9-13(15)12-8-7-10-5-3-4-6-11(10)14-12/h3-8H,2,9H2,1H3. The van der Waals surface area contributed by atoms with E-state index in [1.807, 2.05) is 37.3 Å². The van der Waals surface area contributed by atoms with E-state index in [4.69, 9.17) is 4.74 Å². The van der Waals surface area contributed by atoms with Crippen molar-refractivity contribution in [1.29, 1.82) is 0 Å². The summed E-state index contributed by atoms with van der Waals surface area (Å²) in [6.07, 6.45) is 0. The van der Waals surface area contributed by atoms with Crippen LogP contribution >= 0.6 is 0 Å². The molecule has 0 saturated heterocycles. The van der Waals surface area contributed by atoms with Gasteiger partial charge in [-0.25, -0.2) is 4.98 Å². The highest BCUT2D eigenvalue weighted by atomic mass is 16.5. The molecule has 0 spiro atoms. The highest BCUT2D eigenvalue weighted by Gasteiger charge is 2.07. The summed E-state index contributed by atoms with van der Waals surface area (Å²) in [7, 11) is 0. The molecule has 3 heteroatoms. The summed E-state index contributed by atoms with van der Waals surface area (Å²) in [5.41, 5.74) is 1.30. The van der Waals surface area contributed by atoms with E-state index in [1.54, 1.807) is 6.07 Å². The minimum Gasteiger partial charge on any atom is -0.374 e. The van der Waals surface area contributed by atoms with Crippen molar-refractivity contribution in [3.8, 4) is 0 Å². The lowest BCUT2D eigenvalue weighted by Crippen LogP contribution is -2.10. The van der Waals surface area contributed by atoms with Gasteiger partial charge < -0.3 is 4.74 Å². The first-order valence-corrected chi connectivity index (χ1v) is 5.28. The number of carbonyl (C=O) groups is 1. The highest BCUT2D eigenvalue weighted by molar-refractivity contribution is 5.97. The number of carbonyl (C=O) groups excluding carboxylic acids is 1. The molecule has 82 valence electrons. The molecule has 0 bridgehead atoms. The van der Waals surface area contributed by atoms with Crippen LogP contribution in [0.25, 0.3) is 10.9 Å². The van der Waals surface area contributed by atoms with Gasteiger partial charge in [-0.1, -0.05) is 24.3 Å². The van der Waals surface area contributed by atoms with Gasteiger partial charge in [-0.05, 0) is 19.1 Å². The van der Waals surface area contributed by atoms with Crippen molar-refractivity contribution >= 4 is 16.7 Å². The van der Waals surface area contributed by atoms with Gasteiger partial charge in [-0.15, -0.1) is 0 Å².